The van der Waals surface area contributed by atoms with Gasteiger partial charge in [-0.25, -0.2) is 4.79 Å². The van der Waals surface area contributed by atoms with E-state index in [1.807, 2.05) is 27.0 Å². The van der Waals surface area contributed by atoms with E-state index in [1.165, 1.54) is 0 Å². The number of thioether (sulfide) groups is 1. The number of ether oxygens (including phenoxy) is 1. The fourth-order valence-electron chi connectivity index (χ4n) is 2.40. The Morgan fingerprint density at radius 1 is 1.40 bits per heavy atom. The highest BCUT2D eigenvalue weighted by atomic mass is 32.2. The van der Waals surface area contributed by atoms with Crippen molar-refractivity contribution in [2.45, 2.75) is 45.6 Å². The van der Waals surface area contributed by atoms with Crippen LogP contribution in [0.2, 0.25) is 0 Å². The van der Waals surface area contributed by atoms with Crippen LogP contribution < -0.4 is 0 Å². The number of carbonyl (C=O) groups is 2. The molecule has 116 valence electrons. The SMILES string of the molecule is CSCCC1(C(=O)O)CCCN(C(=O)OC(C)(C)C)C1. The predicted molar refractivity (Wildman–Crippen MR) is 80.1 cm³/mol. The average Bonchev–Trinajstić information content (AvgIpc) is 2.34. The molecule has 0 aliphatic carbocycles. The van der Waals surface area contributed by atoms with Gasteiger partial charge in [0, 0.05) is 13.1 Å². The number of hydrogen-bond donors (Lipinski definition) is 1. The molecule has 1 saturated heterocycles. The molecule has 1 atom stereocenters. The van der Waals surface area contributed by atoms with Crippen LogP contribution in [0.15, 0.2) is 0 Å². The van der Waals surface area contributed by atoms with E-state index in [0.29, 0.717) is 25.8 Å². The quantitative estimate of drug-likeness (QED) is 0.865. The Balaban J connectivity index is 2.77. The van der Waals surface area contributed by atoms with Crippen molar-refractivity contribution in [1.29, 1.82) is 0 Å². The lowest BCUT2D eigenvalue weighted by Gasteiger charge is -2.40. The van der Waals surface area contributed by atoms with Crippen molar-refractivity contribution in [3.63, 3.8) is 0 Å². The lowest BCUT2D eigenvalue weighted by Crippen LogP contribution is -2.51. The summed E-state index contributed by atoms with van der Waals surface area (Å²) in [6, 6.07) is 0. The summed E-state index contributed by atoms with van der Waals surface area (Å²) in [7, 11) is 0. The zero-order valence-electron chi connectivity index (χ0n) is 12.8. The molecule has 1 N–H and O–H groups in total. The number of likely N-dealkylation sites (tertiary alicyclic amines) is 1. The van der Waals surface area contributed by atoms with E-state index >= 15 is 0 Å². The normalized spacial score (nSPS) is 23.5. The molecular weight excluding hydrogens is 278 g/mol. The minimum Gasteiger partial charge on any atom is -0.481 e. The molecule has 6 heteroatoms. The predicted octanol–water partition coefficient (Wildman–Crippen LogP) is 2.84. The first-order chi connectivity index (χ1) is 9.20. The summed E-state index contributed by atoms with van der Waals surface area (Å²) in [5, 5.41) is 9.56. The number of carbonyl (C=O) groups excluding carboxylic acids is 1. The van der Waals surface area contributed by atoms with Crippen LogP contribution in [0.25, 0.3) is 0 Å². The first-order valence-electron chi connectivity index (χ1n) is 6.90. The highest BCUT2D eigenvalue weighted by Crippen LogP contribution is 2.35. The third kappa shape index (κ3) is 4.58. The summed E-state index contributed by atoms with van der Waals surface area (Å²) in [5.41, 5.74) is -1.38. The first kappa shape index (κ1) is 17.1. The molecule has 5 nitrogen and oxygen atoms in total. The number of amides is 1. The largest absolute Gasteiger partial charge is 0.481 e. The third-order valence-electron chi connectivity index (χ3n) is 3.47. The second kappa shape index (κ2) is 6.70. The Kier molecular flexibility index (Phi) is 5.74. The molecule has 1 aliphatic heterocycles. The highest BCUT2D eigenvalue weighted by Gasteiger charge is 2.43. The number of nitrogens with zero attached hydrogens (tertiary/aromatic N) is 1. The Hall–Kier alpha value is -0.910. The van der Waals surface area contributed by atoms with E-state index in [1.54, 1.807) is 16.7 Å². The van der Waals surface area contributed by atoms with Crippen molar-refractivity contribution in [2.24, 2.45) is 5.41 Å². The van der Waals surface area contributed by atoms with E-state index in [4.69, 9.17) is 4.74 Å². The van der Waals surface area contributed by atoms with E-state index in [-0.39, 0.29) is 6.54 Å². The van der Waals surface area contributed by atoms with Gasteiger partial charge in [0.05, 0.1) is 5.41 Å². The maximum Gasteiger partial charge on any atom is 0.410 e. The molecule has 0 aromatic heterocycles. The summed E-state index contributed by atoms with van der Waals surface area (Å²) in [5.74, 6) is -0.0196. The molecule has 1 fully saturated rings. The van der Waals surface area contributed by atoms with Gasteiger partial charge < -0.3 is 14.7 Å². The Bertz CT molecular complexity index is 367. The van der Waals surface area contributed by atoms with Crippen molar-refractivity contribution in [3.05, 3.63) is 0 Å². The molecule has 0 aromatic carbocycles. The van der Waals surface area contributed by atoms with E-state index in [0.717, 1.165) is 5.75 Å². The van der Waals surface area contributed by atoms with Gasteiger partial charge in [-0.05, 0) is 52.0 Å². The van der Waals surface area contributed by atoms with Gasteiger partial charge in [-0.3, -0.25) is 4.79 Å². The lowest BCUT2D eigenvalue weighted by atomic mass is 9.78. The maximum atomic E-state index is 12.1. The smallest absolute Gasteiger partial charge is 0.410 e. The number of piperidine rings is 1. The summed E-state index contributed by atoms with van der Waals surface area (Å²) < 4.78 is 5.34. The van der Waals surface area contributed by atoms with Crippen LogP contribution in [0, 0.1) is 5.41 Å². The second-order valence-electron chi connectivity index (χ2n) is 6.33. The molecule has 0 saturated carbocycles. The maximum absolute atomic E-state index is 12.1. The number of rotatable bonds is 4. The molecule has 0 aromatic rings. The van der Waals surface area contributed by atoms with Crippen LogP contribution in [0.1, 0.15) is 40.0 Å². The number of hydrogen-bond acceptors (Lipinski definition) is 4. The summed E-state index contributed by atoms with van der Waals surface area (Å²) >= 11 is 1.63. The third-order valence-corrected chi connectivity index (χ3v) is 4.08. The minimum absolute atomic E-state index is 0.248. The molecule has 1 amide bonds. The van der Waals surface area contributed by atoms with Gasteiger partial charge in [-0.15, -0.1) is 0 Å². The average molecular weight is 303 g/mol. The van der Waals surface area contributed by atoms with Crippen LogP contribution in [0.5, 0.6) is 0 Å². The number of carboxylic acids is 1. The monoisotopic (exact) mass is 303 g/mol. The van der Waals surface area contributed by atoms with Gasteiger partial charge in [-0.2, -0.15) is 11.8 Å². The standard InChI is InChI=1S/C14H25NO4S/c1-13(2,3)19-12(18)15-8-5-6-14(10-15,11(16)17)7-9-20-4/h5-10H2,1-4H3,(H,16,17). The topological polar surface area (TPSA) is 66.8 Å². The van der Waals surface area contributed by atoms with Crippen molar-refractivity contribution in [3.8, 4) is 0 Å². The number of aliphatic carboxylic acids is 1. The van der Waals surface area contributed by atoms with Crippen molar-refractivity contribution in [1.82, 2.24) is 4.90 Å². The van der Waals surface area contributed by atoms with E-state index in [2.05, 4.69) is 0 Å². The van der Waals surface area contributed by atoms with Crippen LogP contribution in [0.3, 0.4) is 0 Å². The van der Waals surface area contributed by atoms with Crippen LogP contribution in [-0.4, -0.2) is 52.8 Å². The van der Waals surface area contributed by atoms with Crippen molar-refractivity contribution < 1.29 is 19.4 Å². The Morgan fingerprint density at radius 3 is 2.55 bits per heavy atom. The number of carboxylic acid groups (broad SMARTS) is 1. The van der Waals surface area contributed by atoms with Gasteiger partial charge in [0.25, 0.3) is 0 Å². The molecule has 1 aliphatic rings. The molecule has 1 rings (SSSR count). The molecule has 20 heavy (non-hydrogen) atoms. The molecule has 0 radical (unpaired) electrons. The zero-order valence-corrected chi connectivity index (χ0v) is 13.6. The molecule has 0 spiro atoms. The molecule has 1 heterocycles. The van der Waals surface area contributed by atoms with Crippen LogP contribution in [-0.2, 0) is 9.53 Å². The van der Waals surface area contributed by atoms with Crippen molar-refractivity contribution in [2.75, 3.05) is 25.1 Å². The van der Waals surface area contributed by atoms with Gasteiger partial charge in [0.1, 0.15) is 5.60 Å². The van der Waals surface area contributed by atoms with Crippen LogP contribution in [0.4, 0.5) is 4.79 Å². The van der Waals surface area contributed by atoms with Crippen LogP contribution >= 0.6 is 11.8 Å². The Morgan fingerprint density at radius 2 is 2.05 bits per heavy atom. The first-order valence-corrected chi connectivity index (χ1v) is 8.30. The second-order valence-corrected chi connectivity index (χ2v) is 7.32. The fourth-order valence-corrected chi connectivity index (χ4v) is 2.99. The van der Waals surface area contributed by atoms with Gasteiger partial charge in [0.2, 0.25) is 0 Å². The van der Waals surface area contributed by atoms with Gasteiger partial charge in [-0.1, -0.05) is 0 Å². The van der Waals surface area contributed by atoms with Crippen molar-refractivity contribution >= 4 is 23.8 Å². The summed E-state index contributed by atoms with van der Waals surface area (Å²) in [6.07, 6.45) is 3.47. The van der Waals surface area contributed by atoms with Gasteiger partial charge in [0.15, 0.2) is 0 Å². The van der Waals surface area contributed by atoms with E-state index in [9.17, 15) is 14.7 Å². The van der Waals surface area contributed by atoms with Gasteiger partial charge >= 0.3 is 12.1 Å². The zero-order chi connectivity index (χ0) is 15.4. The lowest BCUT2D eigenvalue weighted by molar-refractivity contribution is -0.152. The van der Waals surface area contributed by atoms with E-state index < -0.39 is 23.1 Å². The minimum atomic E-state index is -0.821. The summed E-state index contributed by atoms with van der Waals surface area (Å²) in [6.45, 7) is 6.26. The molecule has 1 unspecified atom stereocenters. The summed E-state index contributed by atoms with van der Waals surface area (Å²) in [4.78, 5) is 25.3. The Labute approximate surface area is 125 Å². The highest BCUT2D eigenvalue weighted by molar-refractivity contribution is 7.98. The fraction of sp³-hybridized carbons (Fsp3) is 0.857. The molecular formula is C14H25NO4S. The molecule has 0 bridgehead atoms.